The van der Waals surface area contributed by atoms with Crippen LogP contribution in [0.1, 0.15) is 37.5 Å². The highest BCUT2D eigenvalue weighted by molar-refractivity contribution is 6.33. The number of likely N-dealkylation sites (N-methyl/N-ethyl adjacent to an activating group) is 1. The average Bonchev–Trinajstić information content (AvgIpc) is 3.23. The SMILES string of the molecule is COc1ccc(C#N)c(-c2c(Cl)ccc3c2CC(CN(C)C(=O)OC(C)(C)C)(c2ccccc2)O3)c1F. The Labute approximate surface area is 221 Å². The number of halogens is 2. The van der Waals surface area contributed by atoms with Crippen molar-refractivity contribution < 1.29 is 23.4 Å². The van der Waals surface area contributed by atoms with Crippen LogP contribution in [0.5, 0.6) is 11.5 Å². The van der Waals surface area contributed by atoms with Gasteiger partial charge in [0.2, 0.25) is 0 Å². The maximum Gasteiger partial charge on any atom is 0.410 e. The third-order valence-corrected chi connectivity index (χ3v) is 6.50. The van der Waals surface area contributed by atoms with Crippen molar-refractivity contribution in [3.8, 4) is 28.7 Å². The van der Waals surface area contributed by atoms with Gasteiger partial charge in [0.25, 0.3) is 0 Å². The largest absolute Gasteiger partial charge is 0.494 e. The standard InChI is InChI=1S/C29H28ClFN2O4/c1-28(2,3)37-27(34)33(4)17-29(19-9-7-6-8-10-19)15-20-22(36-29)14-12-21(30)25(20)24-18(16-32)11-13-23(35-5)26(24)31/h6-14H,15,17H2,1-5H3. The summed E-state index contributed by atoms with van der Waals surface area (Å²) >= 11 is 6.65. The average molecular weight is 523 g/mol. The number of nitrogens with zero attached hydrogens (tertiary/aromatic N) is 2. The lowest BCUT2D eigenvalue weighted by atomic mass is 9.85. The maximum absolute atomic E-state index is 15.6. The van der Waals surface area contributed by atoms with E-state index in [-0.39, 0.29) is 34.9 Å². The molecule has 0 radical (unpaired) electrons. The van der Waals surface area contributed by atoms with E-state index in [4.69, 9.17) is 25.8 Å². The van der Waals surface area contributed by atoms with Crippen LogP contribution in [-0.4, -0.2) is 37.3 Å². The van der Waals surface area contributed by atoms with E-state index >= 15 is 4.39 Å². The summed E-state index contributed by atoms with van der Waals surface area (Å²) in [6.45, 7) is 5.56. The van der Waals surface area contributed by atoms with E-state index in [1.807, 2.05) is 30.3 Å². The summed E-state index contributed by atoms with van der Waals surface area (Å²) in [7, 11) is 3.01. The Balaban J connectivity index is 1.85. The molecule has 0 fully saturated rings. The molecule has 6 nitrogen and oxygen atoms in total. The highest BCUT2D eigenvalue weighted by Gasteiger charge is 2.45. The molecule has 0 N–H and O–H groups in total. The Hall–Kier alpha value is -3.76. The minimum Gasteiger partial charge on any atom is -0.494 e. The molecular weight excluding hydrogens is 495 g/mol. The van der Waals surface area contributed by atoms with Crippen molar-refractivity contribution in [1.29, 1.82) is 5.26 Å². The van der Waals surface area contributed by atoms with E-state index in [2.05, 4.69) is 6.07 Å². The molecule has 192 valence electrons. The van der Waals surface area contributed by atoms with Gasteiger partial charge >= 0.3 is 6.09 Å². The third-order valence-electron chi connectivity index (χ3n) is 6.18. The van der Waals surface area contributed by atoms with Gasteiger partial charge in [0, 0.05) is 35.2 Å². The second-order valence-electron chi connectivity index (χ2n) is 9.99. The van der Waals surface area contributed by atoms with E-state index in [0.717, 1.165) is 5.56 Å². The predicted octanol–water partition coefficient (Wildman–Crippen LogP) is 6.72. The topological polar surface area (TPSA) is 71.8 Å². The van der Waals surface area contributed by atoms with Crippen molar-refractivity contribution in [3.05, 3.63) is 82.1 Å². The quantitative estimate of drug-likeness (QED) is 0.372. The van der Waals surface area contributed by atoms with Gasteiger partial charge in [-0.3, -0.25) is 0 Å². The van der Waals surface area contributed by atoms with E-state index in [1.165, 1.54) is 24.1 Å². The normalized spacial score (nSPS) is 16.4. The first-order chi connectivity index (χ1) is 17.5. The molecule has 1 amide bonds. The van der Waals surface area contributed by atoms with Gasteiger partial charge in [0.1, 0.15) is 11.4 Å². The predicted molar refractivity (Wildman–Crippen MR) is 139 cm³/mol. The second kappa shape index (κ2) is 9.95. The van der Waals surface area contributed by atoms with Gasteiger partial charge in [-0.2, -0.15) is 5.26 Å². The van der Waals surface area contributed by atoms with Gasteiger partial charge in [0.05, 0.1) is 25.3 Å². The fourth-order valence-corrected chi connectivity index (χ4v) is 4.87. The number of rotatable bonds is 5. The minimum absolute atomic E-state index is 0.000525. The lowest BCUT2D eigenvalue weighted by molar-refractivity contribution is 0.00582. The highest BCUT2D eigenvalue weighted by Crippen LogP contribution is 2.50. The van der Waals surface area contributed by atoms with Crippen molar-refractivity contribution in [2.75, 3.05) is 20.7 Å². The van der Waals surface area contributed by atoms with Crippen LogP contribution in [0, 0.1) is 17.1 Å². The molecule has 0 spiro atoms. The molecule has 3 aromatic rings. The highest BCUT2D eigenvalue weighted by atomic mass is 35.5. The smallest absolute Gasteiger partial charge is 0.410 e. The van der Waals surface area contributed by atoms with E-state index in [1.54, 1.807) is 40.0 Å². The number of methoxy groups -OCH3 is 1. The molecule has 4 rings (SSSR count). The zero-order valence-corrected chi connectivity index (χ0v) is 22.1. The minimum atomic E-state index is -1.00. The number of hydrogen-bond donors (Lipinski definition) is 0. The van der Waals surface area contributed by atoms with Crippen molar-refractivity contribution in [2.45, 2.75) is 38.4 Å². The summed E-state index contributed by atoms with van der Waals surface area (Å²) in [5.74, 6) is -0.188. The van der Waals surface area contributed by atoms with E-state index in [0.29, 0.717) is 16.9 Å². The lowest BCUT2D eigenvalue weighted by Gasteiger charge is -2.34. The molecule has 1 heterocycles. The summed E-state index contributed by atoms with van der Waals surface area (Å²) in [6.07, 6.45) is -0.220. The summed E-state index contributed by atoms with van der Waals surface area (Å²) in [6, 6.07) is 17.8. The molecule has 1 atom stereocenters. The molecule has 1 aliphatic heterocycles. The molecule has 0 saturated carbocycles. The van der Waals surface area contributed by atoms with Crippen LogP contribution in [0.25, 0.3) is 11.1 Å². The monoisotopic (exact) mass is 522 g/mol. The molecular formula is C29H28ClFN2O4. The molecule has 8 heteroatoms. The number of benzene rings is 3. The number of ether oxygens (including phenoxy) is 3. The van der Waals surface area contributed by atoms with Crippen molar-refractivity contribution in [3.63, 3.8) is 0 Å². The van der Waals surface area contributed by atoms with Crippen molar-refractivity contribution >= 4 is 17.7 Å². The summed E-state index contributed by atoms with van der Waals surface area (Å²) in [4.78, 5) is 14.3. The van der Waals surface area contributed by atoms with Crippen LogP contribution >= 0.6 is 11.6 Å². The number of carbonyl (C=O) groups is 1. The van der Waals surface area contributed by atoms with Gasteiger partial charge in [-0.1, -0.05) is 41.9 Å². The van der Waals surface area contributed by atoms with Crippen molar-refractivity contribution in [2.24, 2.45) is 0 Å². The Bertz CT molecular complexity index is 1380. The molecule has 0 bridgehead atoms. The van der Waals surface area contributed by atoms with Crippen molar-refractivity contribution in [1.82, 2.24) is 4.90 Å². The summed E-state index contributed by atoms with van der Waals surface area (Å²) < 4.78 is 32.9. The van der Waals surface area contributed by atoms with Gasteiger partial charge < -0.3 is 19.1 Å². The number of hydrogen-bond acceptors (Lipinski definition) is 5. The van der Waals surface area contributed by atoms with E-state index in [9.17, 15) is 10.1 Å². The Kier molecular flexibility index (Phi) is 7.07. The first-order valence-electron chi connectivity index (χ1n) is 11.8. The molecule has 1 unspecified atom stereocenters. The zero-order valence-electron chi connectivity index (χ0n) is 21.4. The first kappa shape index (κ1) is 26.3. The summed E-state index contributed by atoms with van der Waals surface area (Å²) in [5, 5.41) is 10.0. The van der Waals surface area contributed by atoms with Crippen LogP contribution in [0.2, 0.25) is 5.02 Å². The van der Waals surface area contributed by atoms with Gasteiger partial charge in [-0.25, -0.2) is 9.18 Å². The Morgan fingerprint density at radius 3 is 2.49 bits per heavy atom. The molecule has 0 aliphatic carbocycles. The zero-order chi connectivity index (χ0) is 27.0. The Morgan fingerprint density at radius 2 is 1.86 bits per heavy atom. The van der Waals surface area contributed by atoms with Crippen LogP contribution < -0.4 is 9.47 Å². The van der Waals surface area contributed by atoms with Crippen LogP contribution in [0.15, 0.2) is 54.6 Å². The lowest BCUT2D eigenvalue weighted by Crippen LogP contribution is -2.46. The molecule has 37 heavy (non-hydrogen) atoms. The number of amides is 1. The van der Waals surface area contributed by atoms with Crippen LogP contribution in [-0.2, 0) is 16.8 Å². The van der Waals surface area contributed by atoms with Crippen LogP contribution in [0.3, 0.4) is 0 Å². The maximum atomic E-state index is 15.6. The first-order valence-corrected chi connectivity index (χ1v) is 12.1. The number of carbonyl (C=O) groups excluding carboxylic acids is 1. The fourth-order valence-electron chi connectivity index (χ4n) is 4.60. The molecule has 1 aliphatic rings. The van der Waals surface area contributed by atoms with Gasteiger partial charge in [0.15, 0.2) is 17.2 Å². The fraction of sp³-hybridized carbons (Fsp3) is 0.310. The summed E-state index contributed by atoms with van der Waals surface area (Å²) in [5.41, 5.74) is 0.339. The second-order valence-corrected chi connectivity index (χ2v) is 10.4. The van der Waals surface area contributed by atoms with E-state index < -0.39 is 23.1 Å². The Morgan fingerprint density at radius 1 is 1.16 bits per heavy atom. The third kappa shape index (κ3) is 5.07. The van der Waals surface area contributed by atoms with Gasteiger partial charge in [-0.05, 0) is 50.6 Å². The number of fused-ring (bicyclic) bond motifs is 1. The molecule has 0 aromatic heterocycles. The molecule has 3 aromatic carbocycles. The van der Waals surface area contributed by atoms with Gasteiger partial charge in [-0.15, -0.1) is 0 Å². The molecule has 0 saturated heterocycles. The van der Waals surface area contributed by atoms with Crippen LogP contribution in [0.4, 0.5) is 9.18 Å². The number of nitriles is 1.